The number of carbonyl (C=O) groups excluding carboxylic acids is 1. The van der Waals surface area contributed by atoms with Gasteiger partial charge >= 0.3 is 5.69 Å². The molecule has 0 heterocycles. The predicted octanol–water partition coefficient (Wildman–Crippen LogP) is 3.01. The molecule has 1 fully saturated rings. The first-order valence-electron chi connectivity index (χ1n) is 6.37. The highest BCUT2D eigenvalue weighted by atomic mass is 35.5. The number of hydrogen-bond acceptors (Lipinski definition) is 3. The van der Waals surface area contributed by atoms with Crippen molar-refractivity contribution in [3.05, 3.63) is 39.4 Å². The van der Waals surface area contributed by atoms with Gasteiger partial charge in [0, 0.05) is 18.5 Å². The summed E-state index contributed by atoms with van der Waals surface area (Å²) in [6.45, 7) is 0.250. The highest BCUT2D eigenvalue weighted by Gasteiger charge is 2.42. The van der Waals surface area contributed by atoms with E-state index in [0.717, 1.165) is 12.8 Å². The Balaban J connectivity index is 2.16. The summed E-state index contributed by atoms with van der Waals surface area (Å²) in [5, 5.41) is 13.1. The van der Waals surface area contributed by atoms with Gasteiger partial charge in [-0.2, -0.15) is 4.39 Å². The van der Waals surface area contributed by atoms with Crippen LogP contribution in [0.2, 0.25) is 0 Å². The third kappa shape index (κ3) is 3.29. The van der Waals surface area contributed by atoms with Crippen LogP contribution in [0.15, 0.2) is 12.1 Å². The summed E-state index contributed by atoms with van der Waals surface area (Å²) >= 11 is 5.66. The van der Waals surface area contributed by atoms with Crippen LogP contribution < -0.4 is 5.32 Å². The van der Waals surface area contributed by atoms with Crippen LogP contribution in [0.4, 0.5) is 14.5 Å². The molecule has 1 amide bonds. The van der Waals surface area contributed by atoms with E-state index in [1.165, 1.54) is 0 Å². The fourth-order valence-electron chi connectivity index (χ4n) is 2.14. The van der Waals surface area contributed by atoms with Crippen LogP contribution in [0.3, 0.4) is 0 Å². The van der Waals surface area contributed by atoms with Crippen molar-refractivity contribution in [1.29, 1.82) is 0 Å². The molecule has 0 spiro atoms. The Bertz CT molecular complexity index is 591. The van der Waals surface area contributed by atoms with Crippen molar-refractivity contribution >= 4 is 23.2 Å². The van der Waals surface area contributed by atoms with Gasteiger partial charge < -0.3 is 5.32 Å². The monoisotopic (exact) mass is 318 g/mol. The molecule has 114 valence electrons. The fraction of sp³-hybridized carbons (Fsp3) is 0.462. The summed E-state index contributed by atoms with van der Waals surface area (Å²) in [6, 6.07) is 1.40. The molecule has 1 saturated carbocycles. The third-order valence-corrected chi connectivity index (χ3v) is 3.89. The maximum atomic E-state index is 13.9. The largest absolute Gasteiger partial charge is 0.351 e. The van der Waals surface area contributed by atoms with Crippen molar-refractivity contribution in [2.45, 2.75) is 19.3 Å². The summed E-state index contributed by atoms with van der Waals surface area (Å²) in [7, 11) is 0. The quantitative estimate of drug-likeness (QED) is 0.498. The van der Waals surface area contributed by atoms with E-state index in [4.69, 9.17) is 11.6 Å². The summed E-state index contributed by atoms with van der Waals surface area (Å²) in [5.74, 6) is -3.14. The van der Waals surface area contributed by atoms with Crippen LogP contribution in [-0.4, -0.2) is 23.3 Å². The first kappa shape index (κ1) is 15.6. The van der Waals surface area contributed by atoms with Gasteiger partial charge in [0.1, 0.15) is 11.4 Å². The van der Waals surface area contributed by atoms with E-state index in [1.54, 1.807) is 0 Å². The topological polar surface area (TPSA) is 72.2 Å². The molecule has 21 heavy (non-hydrogen) atoms. The molecule has 1 aromatic rings. The number of carbonyl (C=O) groups is 1. The molecular formula is C13H13ClF2N2O3. The molecule has 2 rings (SSSR count). The van der Waals surface area contributed by atoms with E-state index in [-0.39, 0.29) is 12.0 Å². The van der Waals surface area contributed by atoms with Gasteiger partial charge in [0.05, 0.1) is 4.92 Å². The Labute approximate surface area is 124 Å². The lowest BCUT2D eigenvalue weighted by atomic mass is 10.0. The van der Waals surface area contributed by atoms with Crippen molar-refractivity contribution in [2.24, 2.45) is 5.41 Å². The number of amides is 1. The third-order valence-electron chi connectivity index (χ3n) is 3.70. The molecular weight excluding hydrogens is 306 g/mol. The van der Waals surface area contributed by atoms with E-state index in [9.17, 15) is 23.7 Å². The number of nitro groups is 1. The van der Waals surface area contributed by atoms with Crippen molar-refractivity contribution in [3.63, 3.8) is 0 Å². The Morgan fingerprint density at radius 3 is 2.62 bits per heavy atom. The van der Waals surface area contributed by atoms with Crippen LogP contribution >= 0.6 is 11.6 Å². The molecule has 0 aromatic heterocycles. The Kier molecular flexibility index (Phi) is 4.41. The number of benzene rings is 1. The normalized spacial score (nSPS) is 15.6. The second kappa shape index (κ2) is 5.93. The fourth-order valence-corrected chi connectivity index (χ4v) is 2.54. The first-order valence-corrected chi connectivity index (χ1v) is 6.90. The zero-order valence-corrected chi connectivity index (χ0v) is 11.8. The molecule has 0 saturated heterocycles. The van der Waals surface area contributed by atoms with Crippen LogP contribution in [0.25, 0.3) is 0 Å². The van der Waals surface area contributed by atoms with Gasteiger partial charge in [0.15, 0.2) is 0 Å². The van der Waals surface area contributed by atoms with Gasteiger partial charge in [-0.3, -0.25) is 14.9 Å². The number of nitrogens with zero attached hydrogens (tertiary/aromatic N) is 1. The maximum Gasteiger partial charge on any atom is 0.305 e. The average Bonchev–Trinajstić information content (AvgIpc) is 3.17. The summed E-state index contributed by atoms with van der Waals surface area (Å²) < 4.78 is 27.4. The number of rotatable bonds is 6. The lowest BCUT2D eigenvalue weighted by Crippen LogP contribution is -2.32. The Morgan fingerprint density at radius 2 is 2.10 bits per heavy atom. The van der Waals surface area contributed by atoms with Gasteiger partial charge in [-0.25, -0.2) is 4.39 Å². The second-order valence-corrected chi connectivity index (χ2v) is 5.51. The van der Waals surface area contributed by atoms with Gasteiger partial charge in [-0.15, -0.1) is 11.6 Å². The lowest BCUT2D eigenvalue weighted by molar-refractivity contribution is -0.387. The SMILES string of the molecule is O=C(NCC1(CCCl)CC1)c1c(F)ccc([N+](=O)[O-])c1F. The molecule has 1 aliphatic rings. The molecule has 1 N–H and O–H groups in total. The molecule has 8 heteroatoms. The number of hydrogen-bond donors (Lipinski definition) is 1. The molecule has 0 bridgehead atoms. The van der Waals surface area contributed by atoms with Gasteiger partial charge in [-0.05, 0) is 30.7 Å². The van der Waals surface area contributed by atoms with Gasteiger partial charge in [0.25, 0.3) is 5.91 Å². The number of nitro benzene ring substituents is 1. The predicted molar refractivity (Wildman–Crippen MR) is 72.3 cm³/mol. The number of halogens is 3. The van der Waals surface area contributed by atoms with Gasteiger partial charge in [0.2, 0.25) is 5.82 Å². The van der Waals surface area contributed by atoms with E-state index in [2.05, 4.69) is 5.32 Å². The lowest BCUT2D eigenvalue weighted by Gasteiger charge is -2.14. The Hall–Kier alpha value is -1.76. The number of alkyl halides is 1. The maximum absolute atomic E-state index is 13.9. The summed E-state index contributed by atoms with van der Waals surface area (Å²) in [4.78, 5) is 21.5. The minimum Gasteiger partial charge on any atom is -0.351 e. The summed E-state index contributed by atoms with van der Waals surface area (Å²) in [5.41, 5.74) is -1.96. The highest BCUT2D eigenvalue weighted by Crippen LogP contribution is 2.48. The van der Waals surface area contributed by atoms with Crippen LogP contribution in [0.1, 0.15) is 29.6 Å². The Morgan fingerprint density at radius 1 is 1.43 bits per heavy atom. The van der Waals surface area contributed by atoms with Crippen molar-refractivity contribution in [3.8, 4) is 0 Å². The average molecular weight is 319 g/mol. The van der Waals surface area contributed by atoms with E-state index in [1.807, 2.05) is 0 Å². The smallest absolute Gasteiger partial charge is 0.305 e. The van der Waals surface area contributed by atoms with Gasteiger partial charge in [-0.1, -0.05) is 0 Å². The summed E-state index contributed by atoms with van der Waals surface area (Å²) in [6.07, 6.45) is 2.48. The highest BCUT2D eigenvalue weighted by molar-refractivity contribution is 6.17. The molecule has 0 aliphatic heterocycles. The minimum atomic E-state index is -1.46. The zero-order valence-electron chi connectivity index (χ0n) is 11.0. The van der Waals surface area contributed by atoms with Crippen LogP contribution in [0, 0.1) is 27.2 Å². The molecule has 0 unspecified atom stereocenters. The van der Waals surface area contributed by atoms with Crippen LogP contribution in [-0.2, 0) is 0 Å². The van der Waals surface area contributed by atoms with Crippen molar-refractivity contribution < 1.29 is 18.5 Å². The minimum absolute atomic E-state index is 0.106. The molecule has 1 aromatic carbocycles. The second-order valence-electron chi connectivity index (χ2n) is 5.13. The first-order chi connectivity index (χ1) is 9.90. The molecule has 5 nitrogen and oxygen atoms in total. The van der Waals surface area contributed by atoms with Crippen molar-refractivity contribution in [1.82, 2.24) is 5.32 Å². The van der Waals surface area contributed by atoms with Crippen molar-refractivity contribution in [2.75, 3.05) is 12.4 Å². The van der Waals surface area contributed by atoms with E-state index in [0.29, 0.717) is 24.4 Å². The molecule has 1 aliphatic carbocycles. The molecule has 0 atom stereocenters. The zero-order chi connectivity index (χ0) is 15.6. The number of nitrogens with one attached hydrogen (secondary N) is 1. The van der Waals surface area contributed by atoms with E-state index >= 15 is 0 Å². The van der Waals surface area contributed by atoms with Crippen LogP contribution in [0.5, 0.6) is 0 Å². The van der Waals surface area contributed by atoms with E-state index < -0.39 is 33.7 Å². The molecule has 0 radical (unpaired) electrons. The standard InChI is InChI=1S/C13H13ClF2N2O3/c14-6-5-13(3-4-13)7-17-12(19)10-8(15)1-2-9(11(10)16)18(20)21/h1-2H,3-7H2,(H,17,19).